The predicted octanol–water partition coefficient (Wildman–Crippen LogP) is 3.88. The summed E-state index contributed by atoms with van der Waals surface area (Å²) in [6, 6.07) is 5.77. The minimum atomic E-state index is 0.102. The van der Waals surface area contributed by atoms with Gasteiger partial charge in [-0.2, -0.15) is 0 Å². The van der Waals surface area contributed by atoms with Gasteiger partial charge in [0.15, 0.2) is 17.5 Å². The molecule has 0 aliphatic heterocycles. The molecule has 0 bridgehead atoms. The molecule has 0 aromatic heterocycles. The van der Waals surface area contributed by atoms with Crippen molar-refractivity contribution in [3.8, 4) is 11.5 Å². The maximum Gasteiger partial charge on any atom is 0.220 e. The van der Waals surface area contributed by atoms with Crippen LogP contribution in [-0.4, -0.2) is 32.1 Å². The molecular formula is C23H40N4O3. The number of nitrogens with two attached hydrogens (primary N) is 2. The molecule has 0 spiro atoms. The molecule has 0 heterocycles. The van der Waals surface area contributed by atoms with Crippen molar-refractivity contribution in [2.45, 2.75) is 77.7 Å². The average molecular weight is 421 g/mol. The van der Waals surface area contributed by atoms with Gasteiger partial charge < -0.3 is 26.3 Å². The van der Waals surface area contributed by atoms with Crippen molar-refractivity contribution in [3.05, 3.63) is 23.8 Å². The van der Waals surface area contributed by atoms with E-state index >= 15 is 0 Å². The third-order valence-corrected chi connectivity index (χ3v) is 4.83. The standard InChI is InChI=1S/C23H40N4O3/c1-3-4-5-6-7-9-12-22(28)27-18-19-13-14-20(21(17-19)29-2)30-16-11-8-10-15-26-23(24)25/h13-14,17H,3-12,15-16,18H2,1-2H3,(H,27,28)(H4,24,25,26). The Labute approximate surface area is 181 Å². The topological polar surface area (TPSA) is 112 Å². The highest BCUT2D eigenvalue weighted by Gasteiger charge is 2.07. The van der Waals surface area contributed by atoms with Gasteiger partial charge in [0, 0.05) is 19.5 Å². The van der Waals surface area contributed by atoms with E-state index in [1.165, 1.54) is 25.7 Å². The molecule has 1 aromatic carbocycles. The number of hydrogen-bond donors (Lipinski definition) is 3. The zero-order chi connectivity index (χ0) is 22.0. The second-order valence-corrected chi connectivity index (χ2v) is 7.50. The van der Waals surface area contributed by atoms with Gasteiger partial charge in [-0.25, -0.2) is 0 Å². The Balaban J connectivity index is 2.28. The molecule has 7 nitrogen and oxygen atoms in total. The largest absolute Gasteiger partial charge is 0.493 e. The molecule has 0 atom stereocenters. The van der Waals surface area contributed by atoms with E-state index in [4.69, 9.17) is 20.9 Å². The third-order valence-electron chi connectivity index (χ3n) is 4.83. The number of ether oxygens (including phenoxy) is 2. The summed E-state index contributed by atoms with van der Waals surface area (Å²) < 4.78 is 11.3. The predicted molar refractivity (Wildman–Crippen MR) is 123 cm³/mol. The van der Waals surface area contributed by atoms with Crippen molar-refractivity contribution in [3.63, 3.8) is 0 Å². The minimum absolute atomic E-state index is 0.102. The number of rotatable bonds is 17. The van der Waals surface area contributed by atoms with E-state index in [-0.39, 0.29) is 11.9 Å². The monoisotopic (exact) mass is 420 g/mol. The lowest BCUT2D eigenvalue weighted by Crippen LogP contribution is -2.22. The first-order valence-corrected chi connectivity index (χ1v) is 11.2. The number of nitrogens with zero attached hydrogens (tertiary/aromatic N) is 1. The Hall–Kier alpha value is -2.44. The van der Waals surface area contributed by atoms with E-state index < -0.39 is 0 Å². The molecule has 0 radical (unpaired) electrons. The Morgan fingerprint density at radius 1 is 1.00 bits per heavy atom. The number of methoxy groups -OCH3 is 1. The zero-order valence-electron chi connectivity index (χ0n) is 18.8. The van der Waals surface area contributed by atoms with Crippen molar-refractivity contribution in [1.82, 2.24) is 5.32 Å². The molecule has 0 fully saturated rings. The first-order valence-electron chi connectivity index (χ1n) is 11.2. The van der Waals surface area contributed by atoms with Crippen LogP contribution in [0, 0.1) is 0 Å². The van der Waals surface area contributed by atoms with Crippen molar-refractivity contribution >= 4 is 11.9 Å². The summed E-state index contributed by atoms with van der Waals surface area (Å²) >= 11 is 0. The first-order chi connectivity index (χ1) is 14.6. The zero-order valence-corrected chi connectivity index (χ0v) is 18.8. The molecule has 0 saturated carbocycles. The quantitative estimate of drug-likeness (QED) is 0.201. The van der Waals surface area contributed by atoms with Gasteiger partial charge in [-0.05, 0) is 43.4 Å². The number of carbonyl (C=O) groups is 1. The van der Waals surface area contributed by atoms with Gasteiger partial charge in [0.1, 0.15) is 0 Å². The normalized spacial score (nSPS) is 10.5. The summed E-state index contributed by atoms with van der Waals surface area (Å²) in [6.45, 7) is 3.95. The molecule has 0 aliphatic carbocycles. The number of carbonyl (C=O) groups excluding carboxylic acids is 1. The molecule has 1 aromatic rings. The molecule has 0 unspecified atom stereocenters. The molecule has 1 rings (SSSR count). The maximum atomic E-state index is 12.0. The lowest BCUT2D eigenvalue weighted by Gasteiger charge is -2.13. The fourth-order valence-corrected chi connectivity index (χ4v) is 3.08. The van der Waals surface area contributed by atoms with Gasteiger partial charge in [0.25, 0.3) is 0 Å². The van der Waals surface area contributed by atoms with Gasteiger partial charge in [0.2, 0.25) is 5.91 Å². The Morgan fingerprint density at radius 3 is 2.47 bits per heavy atom. The van der Waals surface area contributed by atoms with Crippen LogP contribution in [0.2, 0.25) is 0 Å². The van der Waals surface area contributed by atoms with Gasteiger partial charge >= 0.3 is 0 Å². The number of guanidine groups is 1. The van der Waals surface area contributed by atoms with E-state index in [2.05, 4.69) is 17.2 Å². The van der Waals surface area contributed by atoms with Crippen LogP contribution in [0.15, 0.2) is 23.2 Å². The van der Waals surface area contributed by atoms with E-state index in [0.717, 1.165) is 37.7 Å². The maximum absolute atomic E-state index is 12.0. The van der Waals surface area contributed by atoms with Crippen LogP contribution in [0.4, 0.5) is 0 Å². The molecular weight excluding hydrogens is 380 g/mol. The van der Waals surface area contributed by atoms with Crippen molar-refractivity contribution < 1.29 is 14.3 Å². The van der Waals surface area contributed by atoms with Gasteiger partial charge in [0.05, 0.1) is 13.7 Å². The highest BCUT2D eigenvalue weighted by molar-refractivity contribution is 5.76. The van der Waals surface area contributed by atoms with Crippen molar-refractivity contribution in [2.24, 2.45) is 16.5 Å². The number of hydrogen-bond acceptors (Lipinski definition) is 4. The number of aliphatic imine (C=N–C) groups is 1. The van der Waals surface area contributed by atoms with E-state index in [1.54, 1.807) is 7.11 Å². The highest BCUT2D eigenvalue weighted by atomic mass is 16.5. The van der Waals surface area contributed by atoms with Crippen molar-refractivity contribution in [2.75, 3.05) is 20.3 Å². The molecule has 0 aliphatic rings. The molecule has 5 N–H and O–H groups in total. The van der Waals surface area contributed by atoms with Gasteiger partial charge in [-0.1, -0.05) is 45.1 Å². The van der Waals surface area contributed by atoms with Crippen molar-refractivity contribution in [1.29, 1.82) is 0 Å². The van der Waals surface area contributed by atoms with Crippen LogP contribution in [0.25, 0.3) is 0 Å². The van der Waals surface area contributed by atoms with Crippen LogP contribution in [0.5, 0.6) is 11.5 Å². The summed E-state index contributed by atoms with van der Waals surface area (Å²) in [5.41, 5.74) is 11.6. The first kappa shape index (κ1) is 25.6. The van der Waals surface area contributed by atoms with Crippen LogP contribution in [-0.2, 0) is 11.3 Å². The molecule has 170 valence electrons. The summed E-state index contributed by atoms with van der Waals surface area (Å²) in [6.07, 6.45) is 10.5. The fourth-order valence-electron chi connectivity index (χ4n) is 3.08. The second kappa shape index (κ2) is 16.4. The molecule has 1 amide bonds. The summed E-state index contributed by atoms with van der Waals surface area (Å²) in [4.78, 5) is 16.0. The Kier molecular flexibility index (Phi) is 14.0. The van der Waals surface area contributed by atoms with Crippen LogP contribution >= 0.6 is 0 Å². The SMILES string of the molecule is CCCCCCCCC(=O)NCc1ccc(OCCCCCN=C(N)N)c(OC)c1. The van der Waals surface area contributed by atoms with E-state index in [9.17, 15) is 4.79 Å². The second-order valence-electron chi connectivity index (χ2n) is 7.50. The van der Waals surface area contributed by atoms with Gasteiger partial charge in [-0.3, -0.25) is 9.79 Å². The summed E-state index contributed by atoms with van der Waals surface area (Å²) in [7, 11) is 1.62. The van der Waals surface area contributed by atoms with Gasteiger partial charge in [-0.15, -0.1) is 0 Å². The number of unbranched alkanes of at least 4 members (excludes halogenated alkanes) is 7. The minimum Gasteiger partial charge on any atom is -0.493 e. The fraction of sp³-hybridized carbons (Fsp3) is 0.652. The lowest BCUT2D eigenvalue weighted by molar-refractivity contribution is -0.121. The van der Waals surface area contributed by atoms with Crippen LogP contribution in [0.3, 0.4) is 0 Å². The molecule has 7 heteroatoms. The third kappa shape index (κ3) is 12.2. The lowest BCUT2D eigenvalue weighted by atomic mass is 10.1. The number of amides is 1. The Bertz CT molecular complexity index is 631. The molecule has 30 heavy (non-hydrogen) atoms. The number of nitrogens with one attached hydrogen (secondary N) is 1. The smallest absolute Gasteiger partial charge is 0.220 e. The summed E-state index contributed by atoms with van der Waals surface area (Å²) in [5, 5.41) is 2.99. The van der Waals surface area contributed by atoms with Crippen LogP contribution < -0.4 is 26.3 Å². The van der Waals surface area contributed by atoms with E-state index in [1.807, 2.05) is 18.2 Å². The van der Waals surface area contributed by atoms with Crippen LogP contribution in [0.1, 0.15) is 76.7 Å². The average Bonchev–Trinajstić information content (AvgIpc) is 2.74. The Morgan fingerprint density at radius 2 is 1.73 bits per heavy atom. The molecule has 0 saturated heterocycles. The number of benzene rings is 1. The van der Waals surface area contributed by atoms with E-state index in [0.29, 0.717) is 37.6 Å². The summed E-state index contributed by atoms with van der Waals surface area (Å²) in [5.74, 6) is 1.63. The highest BCUT2D eigenvalue weighted by Crippen LogP contribution is 2.28.